The Morgan fingerprint density at radius 2 is 2.00 bits per heavy atom. The molecule has 1 aliphatic rings. The summed E-state index contributed by atoms with van der Waals surface area (Å²) in [7, 11) is 0. The van der Waals surface area contributed by atoms with E-state index in [0.29, 0.717) is 34.6 Å². The molecule has 0 fully saturated rings. The second kappa shape index (κ2) is 7.84. The monoisotopic (exact) mass is 381 g/mol. The van der Waals surface area contributed by atoms with Gasteiger partial charge in [-0.25, -0.2) is 0 Å². The second-order valence-corrected chi connectivity index (χ2v) is 6.79. The number of carbonyl (C=O) groups is 2. The van der Waals surface area contributed by atoms with Crippen LogP contribution in [0.4, 0.5) is 17.1 Å². The minimum atomic E-state index is -1.76. The number of carbonyl (C=O) groups excluding carboxylic acids is 2. The van der Waals surface area contributed by atoms with E-state index in [0.717, 1.165) is 0 Å². The average molecular weight is 381 g/mol. The summed E-state index contributed by atoms with van der Waals surface area (Å²) in [5.74, 6) is -1.37. The van der Waals surface area contributed by atoms with E-state index in [1.54, 1.807) is 61.5 Å². The molecule has 2 aromatic carbocycles. The van der Waals surface area contributed by atoms with Crippen LogP contribution in [0.2, 0.25) is 0 Å². The lowest BCUT2D eigenvalue weighted by Crippen LogP contribution is -2.39. The van der Waals surface area contributed by atoms with Crippen molar-refractivity contribution in [3.05, 3.63) is 65.7 Å². The van der Waals surface area contributed by atoms with Gasteiger partial charge in [-0.2, -0.15) is 0 Å². The fraction of sp³-hybridized carbons (Fsp3) is 0.238. The van der Waals surface area contributed by atoms with Crippen LogP contribution in [0.15, 0.2) is 54.6 Å². The molecule has 0 saturated heterocycles. The SMILES string of the molecule is C[C@H](/C=C/CCO)[C@@]1(O)C(=O)Nc2ccc(NC(=O)c3ccc(N)cc3)cc21. The van der Waals surface area contributed by atoms with Crippen molar-refractivity contribution >= 4 is 28.9 Å². The smallest absolute Gasteiger partial charge is 0.261 e. The number of anilines is 3. The lowest BCUT2D eigenvalue weighted by atomic mass is 9.82. The molecule has 3 rings (SSSR count). The minimum absolute atomic E-state index is 0.00819. The molecule has 0 aromatic heterocycles. The van der Waals surface area contributed by atoms with E-state index in [1.807, 2.05) is 0 Å². The maximum absolute atomic E-state index is 12.5. The van der Waals surface area contributed by atoms with Crippen molar-refractivity contribution in [2.75, 3.05) is 23.0 Å². The van der Waals surface area contributed by atoms with Crippen molar-refractivity contribution in [3.63, 3.8) is 0 Å². The first-order valence-corrected chi connectivity index (χ1v) is 8.99. The fourth-order valence-corrected chi connectivity index (χ4v) is 3.19. The first kappa shape index (κ1) is 19.6. The van der Waals surface area contributed by atoms with E-state index < -0.39 is 17.4 Å². The number of aliphatic hydroxyl groups excluding tert-OH is 1. The molecule has 2 atom stereocenters. The Morgan fingerprint density at radius 3 is 2.68 bits per heavy atom. The van der Waals surface area contributed by atoms with Crippen molar-refractivity contribution in [2.24, 2.45) is 5.92 Å². The Bertz CT molecular complexity index is 924. The molecule has 146 valence electrons. The number of hydrogen-bond donors (Lipinski definition) is 5. The van der Waals surface area contributed by atoms with Crippen LogP contribution in [-0.2, 0) is 10.4 Å². The van der Waals surface area contributed by atoms with Crippen molar-refractivity contribution in [2.45, 2.75) is 18.9 Å². The Labute approximate surface area is 162 Å². The molecule has 6 N–H and O–H groups in total. The third-order valence-electron chi connectivity index (χ3n) is 4.83. The quantitative estimate of drug-likeness (QED) is 0.388. The Balaban J connectivity index is 1.87. The molecule has 7 heteroatoms. The highest BCUT2D eigenvalue weighted by Gasteiger charge is 2.48. The second-order valence-electron chi connectivity index (χ2n) is 6.79. The first-order chi connectivity index (χ1) is 13.4. The van der Waals surface area contributed by atoms with Gasteiger partial charge in [-0.1, -0.05) is 19.1 Å². The molecular weight excluding hydrogens is 358 g/mol. The molecule has 0 aliphatic carbocycles. The standard InChI is InChI=1S/C21H23N3O4/c1-13(4-2-3-11-25)21(28)17-12-16(9-10-18(17)24-20(21)27)23-19(26)14-5-7-15(22)8-6-14/h2,4-10,12-13,25,28H,3,11,22H2,1H3,(H,23,26)(H,24,27)/b4-2+/t13-,21+/m1/s1. The molecular formula is C21H23N3O4. The van der Waals surface area contributed by atoms with E-state index in [1.165, 1.54) is 0 Å². The van der Waals surface area contributed by atoms with Crippen LogP contribution in [0.3, 0.4) is 0 Å². The van der Waals surface area contributed by atoms with E-state index in [2.05, 4.69) is 10.6 Å². The highest BCUT2D eigenvalue weighted by atomic mass is 16.3. The van der Waals surface area contributed by atoms with Crippen molar-refractivity contribution in [1.82, 2.24) is 0 Å². The number of rotatable bonds is 6. The summed E-state index contributed by atoms with van der Waals surface area (Å²) in [6, 6.07) is 11.4. The predicted molar refractivity (Wildman–Crippen MR) is 108 cm³/mol. The Morgan fingerprint density at radius 1 is 1.29 bits per heavy atom. The molecule has 0 spiro atoms. The third kappa shape index (κ3) is 3.62. The van der Waals surface area contributed by atoms with Gasteiger partial charge < -0.3 is 26.6 Å². The Hall–Kier alpha value is -3.16. The van der Waals surface area contributed by atoms with Gasteiger partial charge in [0.2, 0.25) is 0 Å². The van der Waals surface area contributed by atoms with E-state index >= 15 is 0 Å². The highest BCUT2D eigenvalue weighted by molar-refractivity contribution is 6.07. The maximum Gasteiger partial charge on any atom is 0.261 e. The van der Waals surface area contributed by atoms with Crippen molar-refractivity contribution in [1.29, 1.82) is 0 Å². The zero-order valence-corrected chi connectivity index (χ0v) is 15.5. The average Bonchev–Trinajstić information content (AvgIpc) is 2.94. The topological polar surface area (TPSA) is 125 Å². The van der Waals surface area contributed by atoms with Crippen LogP contribution in [-0.4, -0.2) is 28.6 Å². The van der Waals surface area contributed by atoms with Gasteiger partial charge in [0, 0.05) is 40.7 Å². The van der Waals surface area contributed by atoms with Crippen LogP contribution in [0.1, 0.15) is 29.3 Å². The molecule has 2 aromatic rings. The maximum atomic E-state index is 12.5. The van der Waals surface area contributed by atoms with Gasteiger partial charge in [0.05, 0.1) is 0 Å². The number of aliphatic hydroxyl groups is 2. The summed E-state index contributed by atoms with van der Waals surface area (Å²) in [6.07, 6.45) is 3.86. The predicted octanol–water partition coefficient (Wildman–Crippen LogP) is 2.24. The zero-order chi connectivity index (χ0) is 20.3. The highest BCUT2D eigenvalue weighted by Crippen LogP contribution is 2.42. The molecule has 0 saturated carbocycles. The molecule has 1 heterocycles. The summed E-state index contributed by atoms with van der Waals surface area (Å²) in [4.78, 5) is 24.9. The van der Waals surface area contributed by atoms with Gasteiger partial charge in [-0.3, -0.25) is 9.59 Å². The molecule has 7 nitrogen and oxygen atoms in total. The van der Waals surface area contributed by atoms with Crippen LogP contribution in [0, 0.1) is 5.92 Å². The molecule has 1 aliphatic heterocycles. The zero-order valence-electron chi connectivity index (χ0n) is 15.5. The summed E-state index contributed by atoms with van der Waals surface area (Å²) >= 11 is 0. The minimum Gasteiger partial charge on any atom is -0.399 e. The molecule has 28 heavy (non-hydrogen) atoms. The van der Waals surface area contributed by atoms with Gasteiger partial charge in [-0.15, -0.1) is 0 Å². The van der Waals surface area contributed by atoms with Gasteiger partial charge in [0.15, 0.2) is 5.60 Å². The first-order valence-electron chi connectivity index (χ1n) is 8.99. The summed E-state index contributed by atoms with van der Waals surface area (Å²) in [5.41, 5.74) is 6.24. The normalized spacial score (nSPS) is 19.3. The van der Waals surface area contributed by atoms with E-state index in [9.17, 15) is 14.7 Å². The lowest BCUT2D eigenvalue weighted by Gasteiger charge is -2.26. The largest absolute Gasteiger partial charge is 0.399 e. The van der Waals surface area contributed by atoms with Gasteiger partial charge in [-0.05, 0) is 48.9 Å². The molecule has 0 radical (unpaired) electrons. The van der Waals surface area contributed by atoms with Gasteiger partial charge >= 0.3 is 0 Å². The van der Waals surface area contributed by atoms with Gasteiger partial charge in [0.1, 0.15) is 0 Å². The Kier molecular flexibility index (Phi) is 5.48. The summed E-state index contributed by atoms with van der Waals surface area (Å²) < 4.78 is 0. The number of nitrogens with two attached hydrogens (primary N) is 1. The van der Waals surface area contributed by atoms with Gasteiger partial charge in [0.25, 0.3) is 11.8 Å². The third-order valence-corrected chi connectivity index (χ3v) is 4.83. The molecule has 0 bridgehead atoms. The number of amides is 2. The van der Waals surface area contributed by atoms with Crippen LogP contribution in [0.25, 0.3) is 0 Å². The fourth-order valence-electron chi connectivity index (χ4n) is 3.19. The van der Waals surface area contributed by atoms with E-state index in [-0.39, 0.29) is 12.5 Å². The number of nitrogens with one attached hydrogen (secondary N) is 2. The lowest BCUT2D eigenvalue weighted by molar-refractivity contribution is -0.137. The van der Waals surface area contributed by atoms with Crippen molar-refractivity contribution in [3.8, 4) is 0 Å². The van der Waals surface area contributed by atoms with Crippen molar-refractivity contribution < 1.29 is 19.8 Å². The van der Waals surface area contributed by atoms with Crippen LogP contribution >= 0.6 is 0 Å². The number of fused-ring (bicyclic) bond motifs is 1. The number of benzene rings is 2. The molecule has 2 amide bonds. The molecule has 0 unspecified atom stereocenters. The summed E-state index contributed by atoms with van der Waals surface area (Å²) in [5, 5.41) is 25.5. The summed E-state index contributed by atoms with van der Waals surface area (Å²) in [6.45, 7) is 1.72. The number of nitrogen functional groups attached to an aromatic ring is 1. The van der Waals surface area contributed by atoms with E-state index in [4.69, 9.17) is 10.8 Å². The number of hydrogen-bond acceptors (Lipinski definition) is 5. The van der Waals surface area contributed by atoms with Crippen LogP contribution < -0.4 is 16.4 Å². The van der Waals surface area contributed by atoms with Crippen LogP contribution in [0.5, 0.6) is 0 Å².